The minimum Gasteiger partial charge on any atom is -0.340 e. The van der Waals surface area contributed by atoms with Crippen LogP contribution in [0.25, 0.3) is 0 Å². The maximum atomic E-state index is 12.4. The topological polar surface area (TPSA) is 29.0 Å². The largest absolute Gasteiger partial charge is 0.340 e. The number of rotatable bonds is 3. The highest BCUT2D eigenvalue weighted by Gasteiger charge is 2.23. The van der Waals surface area contributed by atoms with Gasteiger partial charge in [-0.05, 0) is 18.4 Å². The van der Waals surface area contributed by atoms with Gasteiger partial charge in [-0.2, -0.15) is 0 Å². The highest BCUT2D eigenvalue weighted by molar-refractivity contribution is 5.31. The second-order valence-corrected chi connectivity index (χ2v) is 4.00. The molecule has 2 heterocycles. The molecule has 0 spiro atoms. The molecule has 1 aromatic rings. The Balaban J connectivity index is 2.04. The molecule has 15 heavy (non-hydrogen) atoms. The van der Waals surface area contributed by atoms with E-state index in [-0.39, 0.29) is 12.6 Å². The third-order valence-electron chi connectivity index (χ3n) is 2.89. The molecule has 1 unspecified atom stereocenters. The fraction of sp³-hybridized carbons (Fsp3) is 0.636. The van der Waals surface area contributed by atoms with Gasteiger partial charge in [-0.3, -0.25) is 4.39 Å². The number of hydrogen-bond acceptors (Lipinski definition) is 3. The Kier molecular flexibility index (Phi) is 3.14. The Labute approximate surface area is 89.3 Å². The first kappa shape index (κ1) is 10.3. The molecule has 1 aliphatic heterocycles. The third-order valence-corrected chi connectivity index (χ3v) is 2.89. The summed E-state index contributed by atoms with van der Waals surface area (Å²) in [4.78, 5) is 10.6. The molecule has 0 saturated carbocycles. The van der Waals surface area contributed by atoms with Gasteiger partial charge < -0.3 is 4.90 Å². The van der Waals surface area contributed by atoms with E-state index in [0.29, 0.717) is 0 Å². The molecule has 1 aromatic heterocycles. The zero-order chi connectivity index (χ0) is 10.7. The zero-order valence-electron chi connectivity index (χ0n) is 8.99. The normalized spacial score (nSPS) is 20.9. The van der Waals surface area contributed by atoms with Gasteiger partial charge in [0.2, 0.25) is 5.95 Å². The maximum Gasteiger partial charge on any atom is 0.225 e. The van der Waals surface area contributed by atoms with Crippen LogP contribution >= 0.6 is 0 Å². The Hall–Kier alpha value is -1.19. The van der Waals surface area contributed by atoms with E-state index in [1.165, 1.54) is 0 Å². The van der Waals surface area contributed by atoms with Gasteiger partial charge in [0, 0.05) is 31.4 Å². The molecule has 0 bridgehead atoms. The van der Waals surface area contributed by atoms with E-state index in [9.17, 15) is 4.39 Å². The second-order valence-electron chi connectivity index (χ2n) is 4.00. The summed E-state index contributed by atoms with van der Waals surface area (Å²) in [5.41, 5.74) is 1.14. The van der Waals surface area contributed by atoms with Crippen molar-refractivity contribution < 1.29 is 4.39 Å². The van der Waals surface area contributed by atoms with Crippen LogP contribution in [0.4, 0.5) is 10.3 Å². The summed E-state index contributed by atoms with van der Waals surface area (Å²) in [5.74, 6) is 0.905. The van der Waals surface area contributed by atoms with Gasteiger partial charge in [-0.1, -0.05) is 6.92 Å². The average Bonchev–Trinajstić information content (AvgIpc) is 2.78. The van der Waals surface area contributed by atoms with Crippen molar-refractivity contribution in [3.05, 3.63) is 18.0 Å². The smallest absolute Gasteiger partial charge is 0.225 e. The van der Waals surface area contributed by atoms with Crippen LogP contribution in [0, 0.1) is 5.92 Å². The predicted octanol–water partition coefficient (Wildman–Crippen LogP) is 1.83. The highest BCUT2D eigenvalue weighted by Crippen LogP contribution is 2.20. The second kappa shape index (κ2) is 4.55. The van der Waals surface area contributed by atoms with Gasteiger partial charge in [-0.15, -0.1) is 0 Å². The molecule has 2 rings (SSSR count). The van der Waals surface area contributed by atoms with Crippen LogP contribution in [0.1, 0.15) is 18.9 Å². The minimum atomic E-state index is -0.233. The SMILES string of the molecule is CCc1cnc(N2CCC(CF)C2)nc1. The molecular weight excluding hydrogens is 193 g/mol. The molecule has 0 radical (unpaired) electrons. The van der Waals surface area contributed by atoms with E-state index in [2.05, 4.69) is 21.8 Å². The molecule has 3 nitrogen and oxygen atoms in total. The Bertz CT molecular complexity index is 312. The van der Waals surface area contributed by atoms with E-state index >= 15 is 0 Å². The quantitative estimate of drug-likeness (QED) is 0.760. The van der Waals surface area contributed by atoms with Crippen LogP contribution in [-0.4, -0.2) is 29.7 Å². The molecule has 4 heteroatoms. The van der Waals surface area contributed by atoms with Gasteiger partial charge in [0.15, 0.2) is 0 Å². The van der Waals surface area contributed by atoms with Crippen molar-refractivity contribution in [3.63, 3.8) is 0 Å². The maximum absolute atomic E-state index is 12.4. The lowest BCUT2D eigenvalue weighted by Gasteiger charge is -2.15. The molecule has 1 aliphatic rings. The Morgan fingerprint density at radius 3 is 2.73 bits per heavy atom. The Morgan fingerprint density at radius 2 is 2.20 bits per heavy atom. The number of halogens is 1. The standard InChI is InChI=1S/C11H16FN3/c1-2-9-6-13-11(14-7-9)15-4-3-10(5-12)8-15/h6-7,10H,2-5,8H2,1H3. The summed E-state index contributed by atoms with van der Waals surface area (Å²) >= 11 is 0. The summed E-state index contributed by atoms with van der Waals surface area (Å²) in [5, 5.41) is 0. The summed E-state index contributed by atoms with van der Waals surface area (Å²) in [6.07, 6.45) is 5.57. The lowest BCUT2D eigenvalue weighted by atomic mass is 10.1. The monoisotopic (exact) mass is 209 g/mol. The van der Waals surface area contributed by atoms with Crippen molar-refractivity contribution in [2.24, 2.45) is 5.92 Å². The van der Waals surface area contributed by atoms with E-state index in [4.69, 9.17) is 0 Å². The van der Waals surface area contributed by atoms with Crippen LogP contribution in [0.2, 0.25) is 0 Å². The van der Waals surface area contributed by atoms with Gasteiger partial charge in [0.05, 0.1) is 6.67 Å². The Morgan fingerprint density at radius 1 is 1.47 bits per heavy atom. The molecular formula is C11H16FN3. The predicted molar refractivity (Wildman–Crippen MR) is 57.7 cm³/mol. The number of alkyl halides is 1. The highest BCUT2D eigenvalue weighted by atomic mass is 19.1. The van der Waals surface area contributed by atoms with Crippen molar-refractivity contribution in [2.75, 3.05) is 24.7 Å². The lowest BCUT2D eigenvalue weighted by Crippen LogP contribution is -2.22. The van der Waals surface area contributed by atoms with E-state index in [0.717, 1.165) is 37.4 Å². The molecule has 0 N–H and O–H groups in total. The van der Waals surface area contributed by atoms with Crippen molar-refractivity contribution in [3.8, 4) is 0 Å². The van der Waals surface area contributed by atoms with E-state index < -0.39 is 0 Å². The first-order chi connectivity index (χ1) is 7.33. The zero-order valence-corrected chi connectivity index (χ0v) is 8.99. The summed E-state index contributed by atoms with van der Waals surface area (Å²) in [6, 6.07) is 0. The molecule has 0 amide bonds. The number of hydrogen-bond donors (Lipinski definition) is 0. The van der Waals surface area contributed by atoms with Crippen LogP contribution < -0.4 is 4.90 Å². The summed E-state index contributed by atoms with van der Waals surface area (Å²) < 4.78 is 12.4. The van der Waals surface area contributed by atoms with Crippen molar-refractivity contribution in [1.29, 1.82) is 0 Å². The van der Waals surface area contributed by atoms with Crippen molar-refractivity contribution in [1.82, 2.24) is 9.97 Å². The van der Waals surface area contributed by atoms with Gasteiger partial charge >= 0.3 is 0 Å². The number of aromatic nitrogens is 2. The van der Waals surface area contributed by atoms with E-state index in [1.54, 1.807) is 0 Å². The number of nitrogens with zero attached hydrogens (tertiary/aromatic N) is 3. The number of anilines is 1. The molecule has 1 fully saturated rings. The van der Waals surface area contributed by atoms with Gasteiger partial charge in [0.25, 0.3) is 0 Å². The fourth-order valence-electron chi connectivity index (χ4n) is 1.83. The van der Waals surface area contributed by atoms with Crippen molar-refractivity contribution >= 4 is 5.95 Å². The molecule has 0 aliphatic carbocycles. The average molecular weight is 209 g/mol. The summed E-state index contributed by atoms with van der Waals surface area (Å²) in [6.45, 7) is 3.47. The van der Waals surface area contributed by atoms with Gasteiger partial charge in [-0.25, -0.2) is 9.97 Å². The first-order valence-corrected chi connectivity index (χ1v) is 5.45. The molecule has 1 saturated heterocycles. The number of aryl methyl sites for hydroxylation is 1. The summed E-state index contributed by atoms with van der Waals surface area (Å²) in [7, 11) is 0. The van der Waals surface area contributed by atoms with Crippen LogP contribution in [0.5, 0.6) is 0 Å². The fourth-order valence-corrected chi connectivity index (χ4v) is 1.83. The van der Waals surface area contributed by atoms with Crippen LogP contribution in [-0.2, 0) is 6.42 Å². The van der Waals surface area contributed by atoms with Crippen molar-refractivity contribution in [2.45, 2.75) is 19.8 Å². The van der Waals surface area contributed by atoms with Crippen LogP contribution in [0.3, 0.4) is 0 Å². The van der Waals surface area contributed by atoms with E-state index in [1.807, 2.05) is 12.4 Å². The molecule has 0 aromatic carbocycles. The molecule has 1 atom stereocenters. The molecule has 82 valence electrons. The lowest BCUT2D eigenvalue weighted by molar-refractivity contribution is 0.384. The van der Waals surface area contributed by atoms with Gasteiger partial charge in [0.1, 0.15) is 0 Å². The van der Waals surface area contributed by atoms with Crippen LogP contribution in [0.15, 0.2) is 12.4 Å². The first-order valence-electron chi connectivity index (χ1n) is 5.45. The third kappa shape index (κ3) is 2.25. The minimum absolute atomic E-state index is 0.166.